The Bertz CT molecular complexity index is 1110. The second kappa shape index (κ2) is 7.63. The molecule has 3 aliphatic rings. The zero-order valence-electron chi connectivity index (χ0n) is 18.4. The summed E-state index contributed by atoms with van der Waals surface area (Å²) in [6, 6.07) is 15.8. The number of hydrogen-bond donors (Lipinski definition) is 1. The van der Waals surface area contributed by atoms with Crippen molar-refractivity contribution < 1.29 is 9.47 Å². The van der Waals surface area contributed by atoms with E-state index in [0.717, 1.165) is 24.0 Å². The van der Waals surface area contributed by atoms with Crippen LogP contribution in [0.25, 0.3) is 0 Å². The SMILES string of the molecule is C=C(C)C1CC=C(C2OC3(c4ccccc4)OC(=N)C(C#N)(C3CC)C2(C#N)C#N)CC1. The van der Waals surface area contributed by atoms with Crippen LogP contribution in [0.5, 0.6) is 0 Å². The lowest BCUT2D eigenvalue weighted by Crippen LogP contribution is -2.62. The minimum absolute atomic E-state index is 0.337. The average molecular weight is 427 g/mol. The lowest BCUT2D eigenvalue weighted by molar-refractivity contribution is -0.281. The first-order valence-electron chi connectivity index (χ1n) is 11.0. The highest BCUT2D eigenvalue weighted by molar-refractivity contribution is 5.89. The van der Waals surface area contributed by atoms with Crippen LogP contribution in [-0.2, 0) is 15.3 Å². The molecule has 2 aliphatic heterocycles. The number of rotatable bonds is 4. The number of nitrogens with zero attached hydrogens (tertiary/aromatic N) is 3. The van der Waals surface area contributed by atoms with E-state index in [1.807, 2.05) is 50.3 Å². The smallest absolute Gasteiger partial charge is 0.244 e. The summed E-state index contributed by atoms with van der Waals surface area (Å²) in [5.41, 5.74) is -1.04. The van der Waals surface area contributed by atoms with Gasteiger partial charge in [0.25, 0.3) is 0 Å². The highest BCUT2D eigenvalue weighted by atomic mass is 16.7. The molecule has 1 aliphatic carbocycles. The third kappa shape index (κ3) is 2.56. The Morgan fingerprint density at radius 1 is 1.19 bits per heavy atom. The molecule has 2 fully saturated rings. The molecule has 0 amide bonds. The second-order valence-electron chi connectivity index (χ2n) is 8.97. The minimum atomic E-state index is -1.89. The van der Waals surface area contributed by atoms with Crippen molar-refractivity contribution in [1.82, 2.24) is 0 Å². The quantitative estimate of drug-likeness (QED) is 0.671. The van der Waals surface area contributed by atoms with Gasteiger partial charge in [-0.1, -0.05) is 55.5 Å². The first-order chi connectivity index (χ1) is 15.4. The molecule has 4 rings (SSSR count). The number of nitrogens with one attached hydrogen (secondary N) is 1. The van der Waals surface area contributed by atoms with Crippen molar-refractivity contribution in [3.05, 3.63) is 59.7 Å². The number of hydrogen-bond acceptors (Lipinski definition) is 6. The normalized spacial score (nSPS) is 34.9. The summed E-state index contributed by atoms with van der Waals surface area (Å²) in [6.45, 7) is 7.94. The number of benzene rings is 1. The van der Waals surface area contributed by atoms with E-state index in [-0.39, 0.29) is 5.90 Å². The molecular formula is C26H26N4O2. The van der Waals surface area contributed by atoms with Crippen LogP contribution < -0.4 is 0 Å². The Labute approximate surface area is 188 Å². The molecule has 0 saturated carbocycles. The summed E-state index contributed by atoms with van der Waals surface area (Å²) in [6.07, 6.45) is 3.65. The second-order valence-corrected chi connectivity index (χ2v) is 8.97. The zero-order chi connectivity index (χ0) is 23.1. The molecule has 1 aromatic carbocycles. The van der Waals surface area contributed by atoms with Gasteiger partial charge in [0.1, 0.15) is 6.10 Å². The van der Waals surface area contributed by atoms with Gasteiger partial charge in [-0.25, -0.2) is 0 Å². The molecule has 0 radical (unpaired) electrons. The first-order valence-corrected chi connectivity index (χ1v) is 11.0. The average Bonchev–Trinajstić information content (AvgIpc) is 3.03. The molecule has 6 nitrogen and oxygen atoms in total. The molecule has 162 valence electrons. The van der Waals surface area contributed by atoms with Gasteiger partial charge in [-0.05, 0) is 44.1 Å². The van der Waals surface area contributed by atoms with Gasteiger partial charge in [0.15, 0.2) is 5.41 Å². The van der Waals surface area contributed by atoms with E-state index in [1.165, 1.54) is 0 Å². The van der Waals surface area contributed by atoms with E-state index >= 15 is 0 Å². The highest BCUT2D eigenvalue weighted by Gasteiger charge is 2.80. The van der Waals surface area contributed by atoms with E-state index in [1.54, 1.807) is 0 Å². The van der Waals surface area contributed by atoms with E-state index < -0.39 is 28.6 Å². The Morgan fingerprint density at radius 3 is 2.38 bits per heavy atom. The standard InChI is InChI=1S/C26H26N4O2/c1-4-21-25(16-29)23(30)32-26(21,20-8-6-5-7-9-20)31-22(24(25,14-27)15-28)19-12-10-18(11-13-19)17(2)3/h5-9,12,18,21-22,30H,2,4,10-11,13H2,1,3H3. The predicted octanol–water partition coefficient (Wildman–Crippen LogP) is 5.12. The van der Waals surface area contributed by atoms with Gasteiger partial charge >= 0.3 is 0 Å². The summed E-state index contributed by atoms with van der Waals surface area (Å²) < 4.78 is 12.7. The maximum absolute atomic E-state index is 10.5. The number of allylic oxidation sites excluding steroid dienone is 2. The summed E-state index contributed by atoms with van der Waals surface area (Å²) in [7, 11) is 0. The first kappa shape index (κ1) is 21.8. The maximum Gasteiger partial charge on any atom is 0.244 e. The van der Waals surface area contributed by atoms with E-state index in [2.05, 4.69) is 24.8 Å². The van der Waals surface area contributed by atoms with Crippen LogP contribution in [0.15, 0.2) is 54.1 Å². The van der Waals surface area contributed by atoms with Crippen molar-refractivity contribution in [1.29, 1.82) is 21.2 Å². The summed E-state index contributed by atoms with van der Waals surface area (Å²) >= 11 is 0. The van der Waals surface area contributed by atoms with Crippen molar-refractivity contribution in [2.75, 3.05) is 0 Å². The van der Waals surface area contributed by atoms with Gasteiger partial charge in [0, 0.05) is 5.56 Å². The van der Waals surface area contributed by atoms with Crippen LogP contribution >= 0.6 is 0 Å². The largest absolute Gasteiger partial charge is 0.443 e. The molecule has 0 spiro atoms. The van der Waals surface area contributed by atoms with Gasteiger partial charge in [-0.2, -0.15) is 15.8 Å². The summed E-state index contributed by atoms with van der Waals surface area (Å²) in [5, 5.41) is 40.0. The Balaban J connectivity index is 1.96. The fraction of sp³-hybridized carbons (Fsp3) is 0.462. The fourth-order valence-corrected chi connectivity index (χ4v) is 5.78. The molecule has 5 unspecified atom stereocenters. The van der Waals surface area contributed by atoms with Gasteiger partial charge in [-0.15, -0.1) is 0 Å². The molecule has 1 N–H and O–H groups in total. The van der Waals surface area contributed by atoms with Gasteiger partial charge in [-0.3, -0.25) is 5.41 Å². The third-order valence-electron chi connectivity index (χ3n) is 7.49. The van der Waals surface area contributed by atoms with E-state index in [0.29, 0.717) is 24.3 Å². The molecule has 0 aromatic heterocycles. The maximum atomic E-state index is 10.5. The molecule has 6 heteroatoms. The van der Waals surface area contributed by atoms with Crippen LogP contribution in [0.3, 0.4) is 0 Å². The van der Waals surface area contributed by atoms with Crippen LogP contribution in [0, 0.1) is 62.1 Å². The van der Waals surface area contributed by atoms with Gasteiger partial charge < -0.3 is 9.47 Å². The van der Waals surface area contributed by atoms with E-state index in [9.17, 15) is 15.8 Å². The molecule has 32 heavy (non-hydrogen) atoms. The van der Waals surface area contributed by atoms with Crippen LogP contribution in [-0.4, -0.2) is 12.0 Å². The predicted molar refractivity (Wildman–Crippen MR) is 118 cm³/mol. The monoisotopic (exact) mass is 426 g/mol. The number of nitriles is 3. The van der Waals surface area contributed by atoms with E-state index in [4.69, 9.17) is 14.9 Å². The highest BCUT2D eigenvalue weighted by Crippen LogP contribution is 2.67. The fourth-order valence-electron chi connectivity index (χ4n) is 5.78. The summed E-state index contributed by atoms with van der Waals surface area (Å²) in [4.78, 5) is 0. The van der Waals surface area contributed by atoms with Crippen LogP contribution in [0.2, 0.25) is 0 Å². The lowest BCUT2D eigenvalue weighted by atomic mass is 9.52. The Hall–Kier alpha value is -3.40. The van der Waals surface area contributed by atoms with Crippen molar-refractivity contribution in [2.45, 2.75) is 51.4 Å². The Kier molecular flexibility index (Phi) is 5.20. The van der Waals surface area contributed by atoms with Gasteiger partial charge in [0.2, 0.25) is 17.1 Å². The molecule has 5 atom stereocenters. The van der Waals surface area contributed by atoms with Crippen LogP contribution in [0.4, 0.5) is 0 Å². The van der Waals surface area contributed by atoms with Crippen LogP contribution in [0.1, 0.15) is 45.1 Å². The molecule has 2 bridgehead atoms. The minimum Gasteiger partial charge on any atom is -0.443 e. The molecule has 1 aromatic rings. The van der Waals surface area contributed by atoms with Crippen molar-refractivity contribution in [3.63, 3.8) is 0 Å². The summed E-state index contributed by atoms with van der Waals surface area (Å²) in [5.74, 6) is -2.12. The third-order valence-corrected chi connectivity index (χ3v) is 7.49. The zero-order valence-corrected chi connectivity index (χ0v) is 18.4. The topological polar surface area (TPSA) is 114 Å². The van der Waals surface area contributed by atoms with Gasteiger partial charge in [0.05, 0.1) is 24.1 Å². The number of ether oxygens (including phenoxy) is 2. The van der Waals surface area contributed by atoms with Crippen molar-refractivity contribution in [2.24, 2.45) is 22.7 Å². The van der Waals surface area contributed by atoms with Crippen molar-refractivity contribution in [3.8, 4) is 18.2 Å². The lowest BCUT2D eigenvalue weighted by Gasteiger charge is -2.50. The molecule has 2 saturated heterocycles. The Morgan fingerprint density at radius 2 is 1.88 bits per heavy atom. The molecular weight excluding hydrogens is 400 g/mol. The number of fused-ring (bicyclic) bond motifs is 2. The van der Waals surface area contributed by atoms with Crippen molar-refractivity contribution >= 4 is 5.90 Å². The molecule has 2 heterocycles.